The molecular formula is C36H36N4O8. The van der Waals surface area contributed by atoms with E-state index in [4.69, 9.17) is 18.9 Å². The number of ether oxygens (including phenoxy) is 4. The molecule has 1 fully saturated rings. The number of amides is 1. The summed E-state index contributed by atoms with van der Waals surface area (Å²) in [4.78, 5) is 56.4. The fraction of sp³-hybridized carbons (Fsp3) is 0.306. The van der Waals surface area contributed by atoms with Gasteiger partial charge in [0, 0.05) is 31.8 Å². The van der Waals surface area contributed by atoms with E-state index >= 15 is 0 Å². The maximum atomic E-state index is 13.4. The summed E-state index contributed by atoms with van der Waals surface area (Å²) in [5, 5.41) is 2.90. The van der Waals surface area contributed by atoms with Crippen molar-refractivity contribution in [2.75, 3.05) is 25.2 Å². The van der Waals surface area contributed by atoms with E-state index in [1.54, 1.807) is 42.5 Å². The lowest BCUT2D eigenvalue weighted by Crippen LogP contribution is -2.44. The number of hydrogen-bond donors (Lipinski definition) is 0. The van der Waals surface area contributed by atoms with E-state index in [2.05, 4.69) is 4.98 Å². The van der Waals surface area contributed by atoms with Gasteiger partial charge in [-0.15, -0.1) is 0 Å². The largest absolute Gasteiger partial charge is 0.459 e. The highest BCUT2D eigenvalue weighted by atomic mass is 16.6. The highest BCUT2D eigenvalue weighted by Gasteiger charge is 2.41. The topological polar surface area (TPSA) is 130 Å². The van der Waals surface area contributed by atoms with Crippen molar-refractivity contribution in [1.82, 2.24) is 14.6 Å². The normalized spacial score (nSPS) is 18.2. The van der Waals surface area contributed by atoms with Gasteiger partial charge in [-0.3, -0.25) is 9.58 Å². The Morgan fingerprint density at radius 3 is 2.21 bits per heavy atom. The van der Waals surface area contributed by atoms with Crippen molar-refractivity contribution in [2.45, 2.75) is 51.7 Å². The number of esters is 2. The zero-order chi connectivity index (χ0) is 33.8. The van der Waals surface area contributed by atoms with E-state index in [0.29, 0.717) is 29.9 Å². The van der Waals surface area contributed by atoms with Gasteiger partial charge in [0.15, 0.2) is 5.82 Å². The molecule has 0 bridgehead atoms. The van der Waals surface area contributed by atoms with Crippen LogP contribution in [0.4, 0.5) is 10.6 Å². The smallest absolute Gasteiger partial charge is 0.428 e. The van der Waals surface area contributed by atoms with Crippen LogP contribution in [-0.2, 0) is 32.0 Å². The fourth-order valence-corrected chi connectivity index (χ4v) is 5.61. The van der Waals surface area contributed by atoms with Crippen molar-refractivity contribution in [3.05, 3.63) is 129 Å². The molecule has 2 aliphatic rings. The van der Waals surface area contributed by atoms with Crippen LogP contribution in [0, 0.1) is 13.8 Å². The number of carbonyl (C=O) groups excluding carboxylic acids is 3. The van der Waals surface area contributed by atoms with Crippen molar-refractivity contribution in [3.8, 4) is 0 Å². The highest BCUT2D eigenvalue weighted by Crippen LogP contribution is 2.33. The molecule has 0 unspecified atom stereocenters. The minimum absolute atomic E-state index is 0.107. The number of fused-ring (bicyclic) bond motifs is 1. The van der Waals surface area contributed by atoms with Crippen LogP contribution >= 0.6 is 0 Å². The molecule has 0 radical (unpaired) electrons. The Bertz CT molecular complexity index is 1840. The number of benzene rings is 3. The van der Waals surface area contributed by atoms with Gasteiger partial charge in [0.05, 0.1) is 11.1 Å². The first kappa shape index (κ1) is 32.5. The second kappa shape index (κ2) is 14.1. The second-order valence-corrected chi connectivity index (χ2v) is 11.9. The fourth-order valence-electron chi connectivity index (χ4n) is 5.61. The minimum Gasteiger partial charge on any atom is -0.459 e. The first-order chi connectivity index (χ1) is 23.2. The lowest BCUT2D eigenvalue weighted by molar-refractivity contribution is -0.0582. The molecule has 0 N–H and O–H groups in total. The number of carbonyl (C=O) groups is 3. The van der Waals surface area contributed by atoms with Gasteiger partial charge in [0.1, 0.15) is 31.6 Å². The molecule has 0 spiro atoms. The predicted octanol–water partition coefficient (Wildman–Crippen LogP) is 4.78. The summed E-state index contributed by atoms with van der Waals surface area (Å²) >= 11 is 0. The molecule has 0 saturated carbocycles. The summed E-state index contributed by atoms with van der Waals surface area (Å²) in [6.45, 7) is 4.14. The summed E-state index contributed by atoms with van der Waals surface area (Å²) < 4.78 is 24.5. The molecule has 2 aliphatic heterocycles. The maximum Gasteiger partial charge on any atom is 0.428 e. The third-order valence-corrected chi connectivity index (χ3v) is 8.38. The molecule has 1 amide bonds. The van der Waals surface area contributed by atoms with Crippen LogP contribution in [0.3, 0.4) is 0 Å². The van der Waals surface area contributed by atoms with Crippen molar-refractivity contribution in [2.24, 2.45) is 0 Å². The number of hydrogen-bond acceptors (Lipinski definition) is 10. The summed E-state index contributed by atoms with van der Waals surface area (Å²) in [7, 11) is 1.56. The summed E-state index contributed by atoms with van der Waals surface area (Å²) in [6.07, 6.45) is -0.819. The molecule has 3 atom stereocenters. The quantitative estimate of drug-likeness (QED) is 0.184. The van der Waals surface area contributed by atoms with Crippen LogP contribution in [0.15, 0.2) is 89.9 Å². The molecule has 3 aromatic carbocycles. The van der Waals surface area contributed by atoms with E-state index in [1.807, 2.05) is 68.4 Å². The minimum atomic E-state index is -0.850. The number of aromatic nitrogens is 2. The molecule has 6 rings (SSSR count). The summed E-state index contributed by atoms with van der Waals surface area (Å²) in [5.41, 5.74) is 3.70. The lowest BCUT2D eigenvalue weighted by Gasteiger charge is -2.28. The van der Waals surface area contributed by atoms with Crippen molar-refractivity contribution < 1.29 is 33.3 Å². The SMILES string of the molecule is Cc1ccc(C(=O)OC[C@H]2O[C@@H](n3cc4c(nc3=O)N(N(C)C(=O)OCc3ccccc3)CC4)C[C@@H]2OC(=O)c2ccc(C)cc2)cc1. The summed E-state index contributed by atoms with van der Waals surface area (Å²) in [5.74, 6) is -0.760. The Morgan fingerprint density at radius 2 is 1.54 bits per heavy atom. The number of anilines is 1. The maximum absolute atomic E-state index is 13.4. The van der Waals surface area contributed by atoms with Crippen LogP contribution in [0.2, 0.25) is 0 Å². The van der Waals surface area contributed by atoms with Crippen LogP contribution in [0.5, 0.6) is 0 Å². The average Bonchev–Trinajstić information content (AvgIpc) is 3.69. The van der Waals surface area contributed by atoms with Crippen molar-refractivity contribution >= 4 is 23.8 Å². The zero-order valence-corrected chi connectivity index (χ0v) is 26.9. The van der Waals surface area contributed by atoms with Gasteiger partial charge in [0.25, 0.3) is 0 Å². The monoisotopic (exact) mass is 652 g/mol. The molecule has 48 heavy (non-hydrogen) atoms. The van der Waals surface area contributed by atoms with Gasteiger partial charge in [-0.2, -0.15) is 4.98 Å². The Labute approximate surface area is 277 Å². The van der Waals surface area contributed by atoms with Crippen LogP contribution in [0.1, 0.15) is 55.6 Å². The Morgan fingerprint density at radius 1 is 0.896 bits per heavy atom. The van der Waals surface area contributed by atoms with Gasteiger partial charge in [-0.05, 0) is 50.1 Å². The molecule has 12 nitrogen and oxygen atoms in total. The molecule has 248 valence electrons. The molecule has 0 aliphatic carbocycles. The first-order valence-corrected chi connectivity index (χ1v) is 15.7. The van der Waals surface area contributed by atoms with Gasteiger partial charge in [-0.25, -0.2) is 24.2 Å². The van der Waals surface area contributed by atoms with Crippen molar-refractivity contribution in [3.63, 3.8) is 0 Å². The summed E-state index contributed by atoms with van der Waals surface area (Å²) in [6, 6.07) is 23.3. The van der Waals surface area contributed by atoms with E-state index in [-0.39, 0.29) is 19.6 Å². The van der Waals surface area contributed by atoms with Gasteiger partial charge >= 0.3 is 23.7 Å². The van der Waals surface area contributed by atoms with E-state index in [9.17, 15) is 19.2 Å². The molecule has 1 saturated heterocycles. The van der Waals surface area contributed by atoms with Crippen molar-refractivity contribution in [1.29, 1.82) is 0 Å². The van der Waals surface area contributed by atoms with E-state index in [0.717, 1.165) is 22.3 Å². The molecular weight excluding hydrogens is 616 g/mol. The molecule has 3 heterocycles. The van der Waals surface area contributed by atoms with Gasteiger partial charge < -0.3 is 18.9 Å². The predicted molar refractivity (Wildman–Crippen MR) is 174 cm³/mol. The van der Waals surface area contributed by atoms with Gasteiger partial charge in [0.2, 0.25) is 0 Å². The highest BCUT2D eigenvalue weighted by molar-refractivity contribution is 5.90. The molecule has 12 heteroatoms. The van der Waals surface area contributed by atoms with Gasteiger partial charge in [-0.1, -0.05) is 65.7 Å². The van der Waals surface area contributed by atoms with E-state index in [1.165, 1.54) is 9.58 Å². The zero-order valence-electron chi connectivity index (χ0n) is 26.9. The number of rotatable bonds is 9. The number of nitrogens with zero attached hydrogens (tertiary/aromatic N) is 4. The Hall–Kier alpha value is -5.49. The van der Waals surface area contributed by atoms with Crippen LogP contribution in [-0.4, -0.2) is 65.0 Å². The third-order valence-electron chi connectivity index (χ3n) is 8.38. The Balaban J connectivity index is 1.17. The average molecular weight is 653 g/mol. The first-order valence-electron chi connectivity index (χ1n) is 15.7. The second-order valence-electron chi connectivity index (χ2n) is 11.9. The van der Waals surface area contributed by atoms with E-state index < -0.39 is 42.2 Å². The Kier molecular flexibility index (Phi) is 9.53. The molecule has 1 aromatic heterocycles. The molecule has 4 aromatic rings. The number of aryl methyl sites for hydroxylation is 2. The van der Waals surface area contributed by atoms with Crippen LogP contribution in [0.25, 0.3) is 0 Å². The van der Waals surface area contributed by atoms with Crippen LogP contribution < -0.4 is 10.7 Å². The third kappa shape index (κ3) is 7.23. The lowest BCUT2D eigenvalue weighted by atomic mass is 10.1. The number of hydrazine groups is 1. The standard InChI is InChI=1S/C36H36N4O8/c1-23-9-13-26(14-10-23)33(41)45-22-30-29(48-34(42)27-15-11-24(2)12-16-27)19-31(47-30)39-20-28-17-18-40(32(28)37-35(39)43)38(3)36(44)46-21-25-7-5-4-6-8-25/h4-16,20,29-31H,17-19,21-22H2,1-3H3/t29-,30+,31+/m0/s1.